The van der Waals surface area contributed by atoms with Crippen molar-refractivity contribution in [3.05, 3.63) is 138 Å². The molecular formula is C33H31N3O3. The van der Waals surface area contributed by atoms with Crippen LogP contribution in [0.3, 0.4) is 0 Å². The average Bonchev–Trinajstić information content (AvgIpc) is 2.99. The van der Waals surface area contributed by atoms with Crippen molar-refractivity contribution in [1.29, 1.82) is 5.41 Å². The monoisotopic (exact) mass is 517 g/mol. The largest absolute Gasteiger partial charge is 0.469 e. The Kier molecular flexibility index (Phi) is 9.03. The zero-order valence-electron chi connectivity index (χ0n) is 21.7. The summed E-state index contributed by atoms with van der Waals surface area (Å²) >= 11 is 0. The van der Waals surface area contributed by atoms with Crippen LogP contribution in [-0.4, -0.2) is 30.9 Å². The lowest BCUT2D eigenvalue weighted by Gasteiger charge is -2.24. The Labute approximate surface area is 228 Å². The molecule has 4 N–H and O–H groups in total. The van der Waals surface area contributed by atoms with Crippen molar-refractivity contribution in [3.63, 3.8) is 0 Å². The molecule has 0 aliphatic heterocycles. The van der Waals surface area contributed by atoms with E-state index in [0.29, 0.717) is 11.1 Å². The van der Waals surface area contributed by atoms with Gasteiger partial charge in [0.25, 0.3) is 5.91 Å². The van der Waals surface area contributed by atoms with Crippen molar-refractivity contribution >= 4 is 23.8 Å². The van der Waals surface area contributed by atoms with Crippen LogP contribution in [0.25, 0.3) is 17.2 Å². The van der Waals surface area contributed by atoms with Gasteiger partial charge in [0.15, 0.2) is 0 Å². The molecule has 1 amide bonds. The maximum absolute atomic E-state index is 13.4. The van der Waals surface area contributed by atoms with Crippen LogP contribution in [0.4, 0.5) is 0 Å². The second-order valence-electron chi connectivity index (χ2n) is 9.16. The first-order valence-electron chi connectivity index (χ1n) is 12.7. The number of methoxy groups -OCH3 is 1. The van der Waals surface area contributed by atoms with E-state index in [0.717, 1.165) is 22.3 Å². The first-order chi connectivity index (χ1) is 18.9. The van der Waals surface area contributed by atoms with Gasteiger partial charge >= 0.3 is 5.97 Å². The molecule has 6 heteroatoms. The van der Waals surface area contributed by atoms with Gasteiger partial charge in [0.2, 0.25) is 0 Å². The van der Waals surface area contributed by atoms with Crippen LogP contribution in [0.1, 0.15) is 27.0 Å². The fourth-order valence-electron chi connectivity index (χ4n) is 4.37. The molecule has 4 aromatic rings. The summed E-state index contributed by atoms with van der Waals surface area (Å²) < 4.78 is 5.16. The number of amides is 1. The SMILES string of the molecule is COC(=O)C(Cc1cccc(C(=N)N)c1)C(C=Cc1ccccc1)NC(=O)c1ccc(-c2ccccc2)cc1. The second kappa shape index (κ2) is 13.0. The van der Waals surface area contributed by atoms with Crippen LogP contribution >= 0.6 is 0 Å². The number of amidine groups is 1. The highest BCUT2D eigenvalue weighted by Crippen LogP contribution is 2.21. The molecule has 0 saturated heterocycles. The van der Waals surface area contributed by atoms with Gasteiger partial charge in [-0.3, -0.25) is 15.0 Å². The zero-order chi connectivity index (χ0) is 27.6. The molecule has 0 saturated carbocycles. The zero-order valence-corrected chi connectivity index (χ0v) is 21.7. The molecule has 0 aliphatic rings. The molecule has 39 heavy (non-hydrogen) atoms. The van der Waals surface area contributed by atoms with Crippen LogP contribution in [0, 0.1) is 11.3 Å². The molecule has 0 spiro atoms. The molecule has 0 aromatic heterocycles. The highest BCUT2D eigenvalue weighted by molar-refractivity contribution is 5.96. The minimum Gasteiger partial charge on any atom is -0.469 e. The first-order valence-corrected chi connectivity index (χ1v) is 12.7. The van der Waals surface area contributed by atoms with E-state index in [9.17, 15) is 9.59 Å². The number of hydrogen-bond acceptors (Lipinski definition) is 4. The maximum atomic E-state index is 13.4. The van der Waals surface area contributed by atoms with Crippen molar-refractivity contribution < 1.29 is 14.3 Å². The number of rotatable bonds is 10. The van der Waals surface area contributed by atoms with E-state index in [4.69, 9.17) is 15.9 Å². The molecule has 196 valence electrons. The molecule has 0 fully saturated rings. The van der Waals surface area contributed by atoms with Gasteiger partial charge < -0.3 is 15.8 Å². The van der Waals surface area contributed by atoms with Gasteiger partial charge in [-0.2, -0.15) is 0 Å². The predicted octanol–water partition coefficient (Wildman–Crippen LogP) is 5.48. The number of nitrogen functional groups attached to an aromatic ring is 1. The second-order valence-corrected chi connectivity index (χ2v) is 9.16. The Morgan fingerprint density at radius 2 is 1.49 bits per heavy atom. The summed E-state index contributed by atoms with van der Waals surface area (Å²) in [5, 5.41) is 10.8. The van der Waals surface area contributed by atoms with E-state index in [1.54, 1.807) is 30.3 Å². The van der Waals surface area contributed by atoms with Crippen LogP contribution < -0.4 is 11.1 Å². The number of carbonyl (C=O) groups excluding carboxylic acids is 2. The number of nitrogens with one attached hydrogen (secondary N) is 2. The molecule has 4 rings (SSSR count). The van der Waals surface area contributed by atoms with Gasteiger partial charge in [-0.25, -0.2) is 0 Å². The number of nitrogens with two attached hydrogens (primary N) is 1. The third kappa shape index (κ3) is 7.29. The van der Waals surface area contributed by atoms with Crippen LogP contribution in [0.5, 0.6) is 0 Å². The maximum Gasteiger partial charge on any atom is 0.311 e. The van der Waals surface area contributed by atoms with Gasteiger partial charge in [-0.15, -0.1) is 0 Å². The lowest BCUT2D eigenvalue weighted by molar-refractivity contribution is -0.145. The average molecular weight is 518 g/mol. The minimum absolute atomic E-state index is 0.0563. The number of carbonyl (C=O) groups is 2. The fourth-order valence-corrected chi connectivity index (χ4v) is 4.37. The van der Waals surface area contributed by atoms with Gasteiger partial charge in [0, 0.05) is 11.1 Å². The van der Waals surface area contributed by atoms with Crippen LogP contribution in [0.15, 0.2) is 115 Å². The fraction of sp³-hybridized carbons (Fsp3) is 0.121. The van der Waals surface area contributed by atoms with E-state index in [-0.39, 0.29) is 18.2 Å². The van der Waals surface area contributed by atoms with Crippen molar-refractivity contribution in [2.75, 3.05) is 7.11 Å². The van der Waals surface area contributed by atoms with E-state index in [2.05, 4.69) is 5.32 Å². The minimum atomic E-state index is -0.718. The molecule has 0 bridgehead atoms. The lowest BCUT2D eigenvalue weighted by atomic mass is 9.90. The summed E-state index contributed by atoms with van der Waals surface area (Å²) in [6.07, 6.45) is 3.98. The van der Waals surface area contributed by atoms with Crippen molar-refractivity contribution in [3.8, 4) is 11.1 Å². The smallest absolute Gasteiger partial charge is 0.311 e. The Morgan fingerprint density at radius 1 is 0.846 bits per heavy atom. The number of hydrogen-bond donors (Lipinski definition) is 3. The molecule has 2 atom stereocenters. The summed E-state index contributed by atoms with van der Waals surface area (Å²) in [6, 6.07) is 33.5. The Hall–Kier alpha value is -4.97. The normalized spacial score (nSPS) is 12.4. The van der Waals surface area contributed by atoms with E-state index < -0.39 is 17.9 Å². The third-order valence-corrected chi connectivity index (χ3v) is 6.48. The quantitative estimate of drug-likeness (QED) is 0.147. The molecule has 2 unspecified atom stereocenters. The number of benzene rings is 4. The first kappa shape index (κ1) is 27.1. The molecule has 6 nitrogen and oxygen atoms in total. The van der Waals surface area contributed by atoms with Gasteiger partial charge in [-0.05, 0) is 46.9 Å². The van der Waals surface area contributed by atoms with Crippen LogP contribution in [-0.2, 0) is 16.0 Å². The molecule has 4 aromatic carbocycles. The van der Waals surface area contributed by atoms with E-state index in [1.807, 2.05) is 91.0 Å². The highest BCUT2D eigenvalue weighted by Gasteiger charge is 2.29. The summed E-state index contributed by atoms with van der Waals surface area (Å²) in [6.45, 7) is 0. The van der Waals surface area contributed by atoms with Gasteiger partial charge in [0.05, 0.1) is 19.1 Å². The Bertz CT molecular complexity index is 1450. The standard InChI is InChI=1S/C33H31N3O3/c1-39-33(38)29(22-24-11-8-14-28(21-24)31(34)35)30(20-15-23-9-4-2-5-10-23)36-32(37)27-18-16-26(17-19-27)25-12-6-3-7-13-25/h2-21,29-30H,22H2,1H3,(H3,34,35)(H,36,37). The molecule has 0 heterocycles. The molecular weight excluding hydrogens is 486 g/mol. The third-order valence-electron chi connectivity index (χ3n) is 6.48. The Balaban J connectivity index is 1.63. The van der Waals surface area contributed by atoms with E-state index >= 15 is 0 Å². The summed E-state index contributed by atoms with van der Waals surface area (Å²) in [5.41, 5.74) is 10.5. The predicted molar refractivity (Wildman–Crippen MR) is 155 cm³/mol. The topological polar surface area (TPSA) is 105 Å². The van der Waals surface area contributed by atoms with E-state index in [1.165, 1.54) is 7.11 Å². The lowest BCUT2D eigenvalue weighted by Crippen LogP contribution is -2.43. The Morgan fingerprint density at radius 3 is 2.13 bits per heavy atom. The molecule has 0 radical (unpaired) electrons. The van der Waals surface area contributed by atoms with Crippen molar-refractivity contribution in [2.45, 2.75) is 12.5 Å². The summed E-state index contributed by atoms with van der Waals surface area (Å²) in [7, 11) is 1.34. The van der Waals surface area contributed by atoms with Crippen molar-refractivity contribution in [1.82, 2.24) is 5.32 Å². The summed E-state index contributed by atoms with van der Waals surface area (Å²) in [5.74, 6) is -1.53. The van der Waals surface area contributed by atoms with Gasteiger partial charge in [0.1, 0.15) is 5.84 Å². The van der Waals surface area contributed by atoms with Crippen molar-refractivity contribution in [2.24, 2.45) is 11.7 Å². The molecule has 0 aliphatic carbocycles. The van der Waals surface area contributed by atoms with Gasteiger partial charge in [-0.1, -0.05) is 103 Å². The number of ether oxygens (including phenoxy) is 1. The number of esters is 1. The highest BCUT2D eigenvalue weighted by atomic mass is 16.5. The van der Waals surface area contributed by atoms with Crippen LogP contribution in [0.2, 0.25) is 0 Å². The summed E-state index contributed by atoms with van der Waals surface area (Å²) in [4.78, 5) is 26.4.